The summed E-state index contributed by atoms with van der Waals surface area (Å²) in [5.74, 6) is 0. The third kappa shape index (κ3) is 6.41. The van der Waals surface area contributed by atoms with Gasteiger partial charge in [-0.25, -0.2) is 8.42 Å². The normalized spacial score (nSPS) is 11.4. The van der Waals surface area contributed by atoms with Crippen LogP contribution in [0.25, 0.3) is 0 Å². The Hall–Kier alpha value is -2.74. The van der Waals surface area contributed by atoms with Crippen molar-refractivity contribution in [3.05, 3.63) is 95.6 Å². The van der Waals surface area contributed by atoms with Crippen molar-refractivity contribution in [2.24, 2.45) is 0 Å². The van der Waals surface area contributed by atoms with Crippen LogP contribution < -0.4 is 5.32 Å². The van der Waals surface area contributed by atoms with Crippen LogP contribution in [0.15, 0.2) is 83.8 Å². The van der Waals surface area contributed by atoms with Crippen LogP contribution in [0.5, 0.6) is 0 Å². The molecule has 0 atom stereocenters. The number of thiocarbonyl (C=S) groups is 1. The molecule has 0 aromatic heterocycles. The van der Waals surface area contributed by atoms with Crippen LogP contribution in [-0.2, 0) is 23.1 Å². The number of hydrogen-bond acceptors (Lipinski definition) is 3. The molecule has 0 aliphatic rings. The summed E-state index contributed by atoms with van der Waals surface area (Å²) in [5.41, 5.74) is 3.91. The highest BCUT2D eigenvalue weighted by atomic mass is 32.2. The minimum atomic E-state index is -3.56. The van der Waals surface area contributed by atoms with Crippen LogP contribution in [0.2, 0.25) is 0 Å². The maximum absolute atomic E-state index is 13.0. The van der Waals surface area contributed by atoms with Crippen molar-refractivity contribution < 1.29 is 8.42 Å². The van der Waals surface area contributed by atoms with Gasteiger partial charge in [0.15, 0.2) is 5.11 Å². The summed E-state index contributed by atoms with van der Waals surface area (Å²) in [7, 11) is -3.56. The smallest absolute Gasteiger partial charge is 0.243 e. The third-order valence-corrected chi connectivity index (χ3v) is 7.92. The molecule has 0 aliphatic heterocycles. The van der Waals surface area contributed by atoms with Gasteiger partial charge in [0, 0.05) is 31.9 Å². The molecule has 0 aliphatic carbocycles. The zero-order chi connectivity index (χ0) is 23.8. The van der Waals surface area contributed by atoms with Crippen LogP contribution in [0.1, 0.15) is 30.5 Å². The van der Waals surface area contributed by atoms with Crippen LogP contribution in [0, 0.1) is 6.92 Å². The molecule has 3 aromatic rings. The Morgan fingerprint density at radius 3 is 1.85 bits per heavy atom. The van der Waals surface area contributed by atoms with E-state index in [1.165, 1.54) is 4.31 Å². The second-order valence-electron chi connectivity index (χ2n) is 7.82. The molecule has 33 heavy (non-hydrogen) atoms. The van der Waals surface area contributed by atoms with Crippen molar-refractivity contribution >= 4 is 33.0 Å². The van der Waals surface area contributed by atoms with Crippen molar-refractivity contribution in [1.82, 2.24) is 9.21 Å². The molecule has 174 valence electrons. The highest BCUT2D eigenvalue weighted by Crippen LogP contribution is 2.24. The number of aryl methyl sites for hydroxylation is 1. The average Bonchev–Trinajstić information content (AvgIpc) is 2.82. The Kier molecular flexibility index (Phi) is 8.61. The molecular weight excluding hydrogens is 450 g/mol. The highest BCUT2D eigenvalue weighted by molar-refractivity contribution is 7.89. The van der Waals surface area contributed by atoms with E-state index in [-0.39, 0.29) is 4.90 Å². The van der Waals surface area contributed by atoms with E-state index >= 15 is 0 Å². The number of anilines is 1. The van der Waals surface area contributed by atoms with Gasteiger partial charge in [-0.3, -0.25) is 0 Å². The average molecular weight is 482 g/mol. The summed E-state index contributed by atoms with van der Waals surface area (Å²) in [6.45, 7) is 7.75. The van der Waals surface area contributed by atoms with E-state index in [0.29, 0.717) is 37.0 Å². The van der Waals surface area contributed by atoms with Crippen molar-refractivity contribution in [1.29, 1.82) is 0 Å². The SMILES string of the molecule is CCN(CC)S(=O)(=O)c1ccc(C)c(NC(=S)N(Cc2ccccc2)Cc2ccccc2)c1. The van der Waals surface area contributed by atoms with Crippen LogP contribution >= 0.6 is 12.2 Å². The minimum absolute atomic E-state index is 0.264. The summed E-state index contributed by atoms with van der Waals surface area (Å²) in [4.78, 5) is 2.35. The third-order valence-electron chi connectivity index (χ3n) is 5.51. The summed E-state index contributed by atoms with van der Waals surface area (Å²) in [6, 6.07) is 25.5. The van der Waals surface area contributed by atoms with Gasteiger partial charge in [0.05, 0.1) is 4.90 Å². The molecule has 0 spiro atoms. The second kappa shape index (κ2) is 11.4. The molecule has 0 heterocycles. The maximum Gasteiger partial charge on any atom is 0.243 e. The van der Waals surface area contributed by atoms with Crippen molar-refractivity contribution in [3.63, 3.8) is 0 Å². The van der Waals surface area contributed by atoms with Gasteiger partial charge in [-0.05, 0) is 48.0 Å². The Morgan fingerprint density at radius 1 is 0.848 bits per heavy atom. The number of sulfonamides is 1. The minimum Gasteiger partial charge on any atom is -0.340 e. The molecule has 5 nitrogen and oxygen atoms in total. The zero-order valence-electron chi connectivity index (χ0n) is 19.4. The standard InChI is InChI=1S/C26H31N3O2S2/c1-4-29(5-2)33(30,31)24-17-16-21(3)25(18-24)27-26(32)28(19-22-12-8-6-9-13-22)20-23-14-10-7-11-15-23/h6-18H,4-5,19-20H2,1-3H3,(H,27,32). The Balaban J connectivity index is 1.88. The van der Waals surface area contributed by atoms with Gasteiger partial charge in [0.2, 0.25) is 10.0 Å². The Morgan fingerprint density at radius 2 is 1.36 bits per heavy atom. The highest BCUT2D eigenvalue weighted by Gasteiger charge is 2.22. The van der Waals surface area contributed by atoms with Gasteiger partial charge in [-0.1, -0.05) is 80.6 Å². The van der Waals surface area contributed by atoms with Gasteiger partial charge in [-0.15, -0.1) is 0 Å². The molecule has 0 bridgehead atoms. The first kappa shape index (κ1) is 24.9. The van der Waals surface area contributed by atoms with E-state index in [1.54, 1.807) is 12.1 Å². The van der Waals surface area contributed by atoms with Gasteiger partial charge in [0.1, 0.15) is 0 Å². The quantitative estimate of drug-likeness (QED) is 0.413. The number of benzene rings is 3. The monoisotopic (exact) mass is 481 g/mol. The fourth-order valence-corrected chi connectivity index (χ4v) is 5.33. The molecule has 0 fully saturated rings. The lowest BCUT2D eigenvalue weighted by molar-refractivity contribution is 0.413. The van der Waals surface area contributed by atoms with Crippen molar-refractivity contribution in [2.75, 3.05) is 18.4 Å². The van der Waals surface area contributed by atoms with Gasteiger partial charge in [-0.2, -0.15) is 4.31 Å². The first-order chi connectivity index (χ1) is 15.8. The van der Waals surface area contributed by atoms with Gasteiger partial charge < -0.3 is 10.2 Å². The predicted molar refractivity (Wildman–Crippen MR) is 140 cm³/mol. The molecule has 0 saturated carbocycles. The lowest BCUT2D eigenvalue weighted by atomic mass is 10.1. The summed E-state index contributed by atoms with van der Waals surface area (Å²) < 4.78 is 27.5. The lowest BCUT2D eigenvalue weighted by Crippen LogP contribution is -2.34. The fraction of sp³-hybridized carbons (Fsp3) is 0.269. The molecule has 1 N–H and O–H groups in total. The maximum atomic E-state index is 13.0. The molecular formula is C26H31N3O2S2. The molecule has 0 unspecified atom stereocenters. The number of rotatable bonds is 9. The van der Waals surface area contributed by atoms with Gasteiger partial charge in [0.25, 0.3) is 0 Å². The van der Waals surface area contributed by atoms with E-state index in [2.05, 4.69) is 34.5 Å². The van der Waals surface area contributed by atoms with E-state index in [4.69, 9.17) is 12.2 Å². The van der Waals surface area contributed by atoms with Crippen molar-refractivity contribution in [2.45, 2.75) is 38.8 Å². The zero-order valence-corrected chi connectivity index (χ0v) is 21.0. The first-order valence-electron chi connectivity index (χ1n) is 11.1. The molecule has 0 radical (unpaired) electrons. The molecule has 0 amide bonds. The van der Waals surface area contributed by atoms with E-state index < -0.39 is 10.0 Å². The molecule has 7 heteroatoms. The number of nitrogens with one attached hydrogen (secondary N) is 1. The topological polar surface area (TPSA) is 52.7 Å². The molecule has 3 rings (SSSR count). The van der Waals surface area contributed by atoms with E-state index in [1.807, 2.05) is 63.2 Å². The lowest BCUT2D eigenvalue weighted by Gasteiger charge is -2.27. The predicted octanol–water partition coefficient (Wildman–Crippen LogP) is 5.42. The largest absolute Gasteiger partial charge is 0.340 e. The first-order valence-corrected chi connectivity index (χ1v) is 12.9. The Bertz CT molecular complexity index is 1120. The molecule has 3 aromatic carbocycles. The Labute approximate surface area is 203 Å². The number of hydrogen-bond donors (Lipinski definition) is 1. The van der Waals surface area contributed by atoms with Crippen LogP contribution in [-0.4, -0.2) is 35.8 Å². The fourth-order valence-electron chi connectivity index (χ4n) is 3.61. The summed E-state index contributed by atoms with van der Waals surface area (Å²) >= 11 is 5.80. The summed E-state index contributed by atoms with van der Waals surface area (Å²) in [5, 5.41) is 3.86. The van der Waals surface area contributed by atoms with Crippen LogP contribution in [0.3, 0.4) is 0 Å². The second-order valence-corrected chi connectivity index (χ2v) is 10.1. The van der Waals surface area contributed by atoms with Crippen molar-refractivity contribution in [3.8, 4) is 0 Å². The van der Waals surface area contributed by atoms with Gasteiger partial charge >= 0.3 is 0 Å². The summed E-state index contributed by atoms with van der Waals surface area (Å²) in [6.07, 6.45) is 0. The van der Waals surface area contributed by atoms with E-state index in [9.17, 15) is 8.42 Å². The van der Waals surface area contributed by atoms with E-state index in [0.717, 1.165) is 16.7 Å². The van der Waals surface area contributed by atoms with Crippen LogP contribution in [0.4, 0.5) is 5.69 Å². The molecule has 0 saturated heterocycles. The number of nitrogens with zero attached hydrogens (tertiary/aromatic N) is 2.